The van der Waals surface area contributed by atoms with Crippen LogP contribution in [-0.2, 0) is 4.74 Å². The monoisotopic (exact) mass is 144 g/mol. The maximum Gasteiger partial charge on any atom is 0.267 e. The van der Waals surface area contributed by atoms with Gasteiger partial charge in [0.1, 0.15) is 0 Å². The van der Waals surface area contributed by atoms with Crippen LogP contribution in [0.1, 0.15) is 0 Å². The van der Waals surface area contributed by atoms with Crippen molar-refractivity contribution >= 4 is 0 Å². The molecular formula is C4H4F4O. The minimum Gasteiger partial charge on any atom is -0.357 e. The summed E-state index contributed by atoms with van der Waals surface area (Å²) in [5.41, 5.74) is 0. The van der Waals surface area contributed by atoms with Crippen LogP contribution in [0.4, 0.5) is 17.6 Å². The number of ether oxygens (including phenoxy) is 1. The highest BCUT2D eigenvalue weighted by Gasteiger charge is 2.51. The van der Waals surface area contributed by atoms with Crippen LogP contribution in [0.15, 0.2) is 0 Å². The standard InChI is InChI=1S/C4H4F4O/c5-3(6)1-2(9-1)4(7)8/h1-4H. The van der Waals surface area contributed by atoms with Gasteiger partial charge in [0.25, 0.3) is 12.9 Å². The van der Waals surface area contributed by atoms with E-state index in [0.717, 1.165) is 0 Å². The van der Waals surface area contributed by atoms with Gasteiger partial charge in [-0.1, -0.05) is 0 Å². The zero-order valence-electron chi connectivity index (χ0n) is 4.23. The molecule has 1 heterocycles. The molecule has 0 aromatic heterocycles. The molecule has 1 aliphatic heterocycles. The summed E-state index contributed by atoms with van der Waals surface area (Å²) in [5.74, 6) is 0. The molecule has 2 atom stereocenters. The van der Waals surface area contributed by atoms with E-state index >= 15 is 0 Å². The third kappa shape index (κ3) is 1.32. The van der Waals surface area contributed by atoms with Gasteiger partial charge in [0, 0.05) is 0 Å². The molecule has 0 amide bonds. The summed E-state index contributed by atoms with van der Waals surface area (Å²) >= 11 is 0. The van der Waals surface area contributed by atoms with E-state index in [9.17, 15) is 17.6 Å². The molecule has 1 nitrogen and oxygen atoms in total. The van der Waals surface area contributed by atoms with Crippen molar-refractivity contribution in [2.24, 2.45) is 0 Å². The summed E-state index contributed by atoms with van der Waals surface area (Å²) in [4.78, 5) is 0. The molecule has 0 aromatic carbocycles. The van der Waals surface area contributed by atoms with Crippen molar-refractivity contribution in [2.45, 2.75) is 25.1 Å². The lowest BCUT2D eigenvalue weighted by molar-refractivity contribution is 0.106. The van der Waals surface area contributed by atoms with E-state index in [1.54, 1.807) is 0 Å². The number of alkyl halides is 4. The minimum absolute atomic E-state index is 1.52. The van der Waals surface area contributed by atoms with Crippen LogP contribution in [0.25, 0.3) is 0 Å². The molecule has 0 bridgehead atoms. The number of halogens is 4. The number of epoxide rings is 1. The zero-order valence-corrected chi connectivity index (χ0v) is 4.23. The Morgan fingerprint density at radius 1 is 0.889 bits per heavy atom. The number of rotatable bonds is 2. The van der Waals surface area contributed by atoms with E-state index in [0.29, 0.717) is 0 Å². The Hall–Kier alpha value is -0.320. The van der Waals surface area contributed by atoms with Gasteiger partial charge in [0.05, 0.1) is 0 Å². The largest absolute Gasteiger partial charge is 0.357 e. The highest BCUT2D eigenvalue weighted by molar-refractivity contribution is 4.88. The first kappa shape index (κ1) is 6.80. The molecule has 0 spiro atoms. The second kappa shape index (κ2) is 2.13. The van der Waals surface area contributed by atoms with E-state index < -0.39 is 25.1 Å². The Balaban J connectivity index is 2.24. The van der Waals surface area contributed by atoms with Crippen molar-refractivity contribution in [1.82, 2.24) is 0 Å². The fourth-order valence-corrected chi connectivity index (χ4v) is 0.542. The molecule has 0 saturated carbocycles. The molecule has 54 valence electrons. The van der Waals surface area contributed by atoms with Gasteiger partial charge in [-0.05, 0) is 0 Å². The third-order valence-electron chi connectivity index (χ3n) is 1.06. The summed E-state index contributed by atoms with van der Waals surface area (Å²) in [6.07, 6.45) is -8.59. The lowest BCUT2D eigenvalue weighted by atomic mass is 10.3. The molecule has 1 fully saturated rings. The van der Waals surface area contributed by atoms with Gasteiger partial charge in [0.15, 0.2) is 12.2 Å². The Bertz CT molecular complexity index is 92.7. The number of hydrogen-bond acceptors (Lipinski definition) is 1. The highest BCUT2D eigenvalue weighted by Crippen LogP contribution is 2.32. The zero-order chi connectivity index (χ0) is 7.02. The average Bonchev–Trinajstić information content (AvgIpc) is 2.39. The Labute approximate surface area is 48.6 Å². The molecule has 0 aliphatic carbocycles. The fourth-order valence-electron chi connectivity index (χ4n) is 0.542. The second-order valence-corrected chi connectivity index (χ2v) is 1.73. The summed E-state index contributed by atoms with van der Waals surface area (Å²) in [5, 5.41) is 0. The molecular weight excluding hydrogens is 140 g/mol. The first-order valence-corrected chi connectivity index (χ1v) is 2.34. The van der Waals surface area contributed by atoms with Crippen molar-refractivity contribution in [3.05, 3.63) is 0 Å². The van der Waals surface area contributed by atoms with Crippen molar-refractivity contribution in [3.63, 3.8) is 0 Å². The smallest absolute Gasteiger partial charge is 0.267 e. The first-order chi connectivity index (χ1) is 4.13. The van der Waals surface area contributed by atoms with Gasteiger partial charge in [-0.2, -0.15) is 0 Å². The maximum absolute atomic E-state index is 11.4. The van der Waals surface area contributed by atoms with Gasteiger partial charge in [-0.15, -0.1) is 0 Å². The lowest BCUT2D eigenvalue weighted by Crippen LogP contribution is -2.11. The fraction of sp³-hybridized carbons (Fsp3) is 1.00. The first-order valence-electron chi connectivity index (χ1n) is 2.34. The predicted octanol–water partition coefficient (Wildman–Crippen LogP) is 1.28. The van der Waals surface area contributed by atoms with E-state index in [1.165, 1.54) is 0 Å². The van der Waals surface area contributed by atoms with Crippen LogP contribution in [0.3, 0.4) is 0 Å². The quantitative estimate of drug-likeness (QED) is 0.420. The van der Waals surface area contributed by atoms with Crippen LogP contribution >= 0.6 is 0 Å². The normalized spacial score (nSPS) is 34.0. The summed E-state index contributed by atoms with van der Waals surface area (Å²) in [7, 11) is 0. The maximum atomic E-state index is 11.4. The number of hydrogen-bond donors (Lipinski definition) is 0. The summed E-state index contributed by atoms with van der Waals surface area (Å²) in [6, 6.07) is 0. The molecule has 0 radical (unpaired) electrons. The van der Waals surface area contributed by atoms with Crippen LogP contribution in [0.5, 0.6) is 0 Å². The molecule has 1 rings (SSSR count). The van der Waals surface area contributed by atoms with Gasteiger partial charge in [-0.25, -0.2) is 17.6 Å². The predicted molar refractivity (Wildman–Crippen MR) is 20.7 cm³/mol. The topological polar surface area (TPSA) is 12.5 Å². The lowest BCUT2D eigenvalue weighted by Gasteiger charge is -1.89. The molecule has 2 unspecified atom stereocenters. The molecule has 0 aromatic rings. The van der Waals surface area contributed by atoms with Gasteiger partial charge in [0.2, 0.25) is 0 Å². The Morgan fingerprint density at radius 2 is 1.22 bits per heavy atom. The SMILES string of the molecule is FC(F)C1OC1C(F)F. The molecule has 1 saturated heterocycles. The van der Waals surface area contributed by atoms with Crippen molar-refractivity contribution in [2.75, 3.05) is 0 Å². The van der Waals surface area contributed by atoms with Crippen molar-refractivity contribution < 1.29 is 22.3 Å². The average molecular weight is 144 g/mol. The van der Waals surface area contributed by atoms with Crippen molar-refractivity contribution in [1.29, 1.82) is 0 Å². The summed E-state index contributed by atoms with van der Waals surface area (Å²) in [6.45, 7) is 0. The molecule has 0 N–H and O–H groups in total. The van der Waals surface area contributed by atoms with Crippen LogP contribution in [0.2, 0.25) is 0 Å². The highest BCUT2D eigenvalue weighted by atomic mass is 19.3. The molecule has 1 aliphatic rings. The molecule has 5 heteroatoms. The van der Waals surface area contributed by atoms with E-state index in [4.69, 9.17) is 0 Å². The van der Waals surface area contributed by atoms with Crippen LogP contribution < -0.4 is 0 Å². The second-order valence-electron chi connectivity index (χ2n) is 1.73. The van der Waals surface area contributed by atoms with E-state index in [1.807, 2.05) is 0 Å². The third-order valence-corrected chi connectivity index (χ3v) is 1.06. The van der Waals surface area contributed by atoms with Gasteiger partial charge >= 0.3 is 0 Å². The van der Waals surface area contributed by atoms with Crippen molar-refractivity contribution in [3.8, 4) is 0 Å². The minimum atomic E-state index is -2.77. The van der Waals surface area contributed by atoms with E-state index in [2.05, 4.69) is 4.74 Å². The van der Waals surface area contributed by atoms with Gasteiger partial charge in [-0.3, -0.25) is 0 Å². The Morgan fingerprint density at radius 3 is 1.33 bits per heavy atom. The molecule has 9 heavy (non-hydrogen) atoms. The van der Waals surface area contributed by atoms with E-state index in [-0.39, 0.29) is 0 Å². The van der Waals surface area contributed by atoms with Crippen LogP contribution in [-0.4, -0.2) is 25.1 Å². The Kier molecular flexibility index (Phi) is 1.61. The van der Waals surface area contributed by atoms with Gasteiger partial charge < -0.3 is 4.74 Å². The summed E-state index contributed by atoms with van der Waals surface area (Å²) < 4.78 is 49.4. The van der Waals surface area contributed by atoms with Crippen LogP contribution in [0, 0.1) is 0 Å².